The highest BCUT2D eigenvalue weighted by Gasteiger charge is 2.43. The molecule has 32 heavy (non-hydrogen) atoms. The summed E-state index contributed by atoms with van der Waals surface area (Å²) in [4.78, 5) is 27.7. The van der Waals surface area contributed by atoms with Crippen LogP contribution in [0.2, 0.25) is 0 Å². The number of halogens is 2. The molecule has 2 aliphatic heterocycles. The van der Waals surface area contributed by atoms with Crippen LogP contribution in [-0.4, -0.2) is 57.0 Å². The molecule has 1 aromatic carbocycles. The monoisotopic (exact) mass is 442 g/mol. The van der Waals surface area contributed by atoms with Crippen LogP contribution in [0.25, 0.3) is 22.2 Å². The zero-order chi connectivity index (χ0) is 22.2. The molecule has 2 aromatic heterocycles. The zero-order valence-electron chi connectivity index (χ0n) is 17.6. The minimum Gasteiger partial charge on any atom is -0.441 e. The summed E-state index contributed by atoms with van der Waals surface area (Å²) in [5.41, 5.74) is 1.52. The van der Waals surface area contributed by atoms with Crippen molar-refractivity contribution in [3.8, 4) is 11.3 Å². The van der Waals surface area contributed by atoms with Crippen molar-refractivity contribution < 1.29 is 18.0 Å². The van der Waals surface area contributed by atoms with Crippen molar-refractivity contribution in [1.29, 1.82) is 0 Å². The number of hydrogen-bond acceptors (Lipinski definition) is 6. The van der Waals surface area contributed by atoms with Crippen molar-refractivity contribution in [1.82, 2.24) is 25.2 Å². The van der Waals surface area contributed by atoms with Crippen molar-refractivity contribution in [2.75, 3.05) is 11.9 Å². The number of amides is 2. The van der Waals surface area contributed by atoms with E-state index in [-0.39, 0.29) is 36.6 Å². The molecule has 4 heterocycles. The molecule has 2 bridgehead atoms. The van der Waals surface area contributed by atoms with Crippen molar-refractivity contribution in [3.63, 3.8) is 0 Å². The van der Waals surface area contributed by atoms with Crippen molar-refractivity contribution >= 4 is 22.9 Å². The van der Waals surface area contributed by atoms with E-state index in [1.807, 2.05) is 23.1 Å². The maximum Gasteiger partial charge on any atom is 0.324 e. The van der Waals surface area contributed by atoms with Gasteiger partial charge in [0.1, 0.15) is 0 Å². The fourth-order valence-corrected chi connectivity index (χ4v) is 4.82. The lowest BCUT2D eigenvalue weighted by Crippen LogP contribution is -2.53. The van der Waals surface area contributed by atoms with E-state index in [4.69, 9.17) is 4.42 Å². The van der Waals surface area contributed by atoms with Crippen LogP contribution in [0.5, 0.6) is 0 Å². The molecule has 2 amide bonds. The smallest absolute Gasteiger partial charge is 0.324 e. The van der Waals surface area contributed by atoms with Gasteiger partial charge in [0.25, 0.3) is 6.43 Å². The van der Waals surface area contributed by atoms with Gasteiger partial charge in [-0.15, -0.1) is 0 Å². The van der Waals surface area contributed by atoms with E-state index in [1.165, 1.54) is 0 Å². The minimum atomic E-state index is -2.37. The van der Waals surface area contributed by atoms with E-state index in [1.54, 1.807) is 19.3 Å². The fraction of sp³-hybridized carbons (Fsp3) is 0.455. The number of fused-ring (bicyclic) bond motifs is 3. The van der Waals surface area contributed by atoms with Gasteiger partial charge in [0, 0.05) is 42.2 Å². The minimum absolute atomic E-state index is 0.0145. The maximum atomic E-state index is 13.0. The Morgan fingerprint density at radius 3 is 2.69 bits per heavy atom. The summed E-state index contributed by atoms with van der Waals surface area (Å²) >= 11 is 0. The first-order valence-electron chi connectivity index (χ1n) is 10.8. The molecule has 2 aliphatic rings. The molecule has 0 saturated carbocycles. The molecule has 2 saturated heterocycles. The highest BCUT2D eigenvalue weighted by atomic mass is 19.3. The molecular formula is C22H24F2N6O2. The normalized spacial score (nSPS) is 22.6. The van der Waals surface area contributed by atoms with Gasteiger partial charge in [-0.1, -0.05) is 12.1 Å². The van der Waals surface area contributed by atoms with Crippen LogP contribution < -0.4 is 10.6 Å². The summed E-state index contributed by atoms with van der Waals surface area (Å²) in [7, 11) is 0. The van der Waals surface area contributed by atoms with Crippen LogP contribution in [0.1, 0.15) is 31.6 Å². The third kappa shape index (κ3) is 4.14. The Morgan fingerprint density at radius 1 is 1.22 bits per heavy atom. The quantitative estimate of drug-likeness (QED) is 0.621. The lowest BCUT2D eigenvalue weighted by atomic mass is 9.97. The largest absolute Gasteiger partial charge is 0.441 e. The highest BCUT2D eigenvalue weighted by Crippen LogP contribution is 2.36. The number of aromatic nitrogens is 3. The number of carbonyl (C=O) groups excluding carboxylic acids is 1. The molecule has 3 aromatic rings. The van der Waals surface area contributed by atoms with Crippen LogP contribution in [0.15, 0.2) is 35.0 Å². The Bertz CT molecular complexity index is 1120. The summed E-state index contributed by atoms with van der Waals surface area (Å²) in [6.45, 7) is 1.47. The van der Waals surface area contributed by atoms with Gasteiger partial charge in [0.15, 0.2) is 11.7 Å². The number of aryl methyl sites for hydroxylation is 1. The van der Waals surface area contributed by atoms with Gasteiger partial charge < -0.3 is 14.6 Å². The second-order valence-corrected chi connectivity index (χ2v) is 8.40. The lowest BCUT2D eigenvalue weighted by Gasteiger charge is -2.39. The van der Waals surface area contributed by atoms with Crippen LogP contribution >= 0.6 is 0 Å². The third-order valence-corrected chi connectivity index (χ3v) is 6.24. The Balaban J connectivity index is 1.29. The molecule has 3 atom stereocenters. The number of benzene rings is 1. The second-order valence-electron chi connectivity index (χ2n) is 8.40. The third-order valence-electron chi connectivity index (χ3n) is 6.24. The van der Waals surface area contributed by atoms with Gasteiger partial charge >= 0.3 is 6.03 Å². The number of anilines is 1. The zero-order valence-corrected chi connectivity index (χ0v) is 17.6. The summed E-state index contributed by atoms with van der Waals surface area (Å²) in [5.74, 6) is 1.46. The van der Waals surface area contributed by atoms with Crippen LogP contribution in [0.4, 0.5) is 19.5 Å². The molecule has 8 nitrogen and oxygen atoms in total. The summed E-state index contributed by atoms with van der Waals surface area (Å²) in [6, 6.07) is 5.51. The predicted molar refractivity (Wildman–Crippen MR) is 114 cm³/mol. The van der Waals surface area contributed by atoms with Crippen molar-refractivity contribution in [3.05, 3.63) is 36.5 Å². The number of nitrogens with zero attached hydrogens (tertiary/aromatic N) is 4. The summed E-state index contributed by atoms with van der Waals surface area (Å²) in [6.07, 6.45) is 4.07. The van der Waals surface area contributed by atoms with E-state index in [9.17, 15) is 13.6 Å². The average molecular weight is 442 g/mol. The van der Waals surface area contributed by atoms with E-state index in [0.717, 1.165) is 23.8 Å². The molecule has 0 unspecified atom stereocenters. The number of urea groups is 1. The topological polar surface area (TPSA) is 96.2 Å². The maximum absolute atomic E-state index is 13.0. The van der Waals surface area contributed by atoms with Crippen LogP contribution in [0.3, 0.4) is 0 Å². The van der Waals surface area contributed by atoms with Gasteiger partial charge in [-0.25, -0.2) is 28.5 Å². The molecule has 2 N–H and O–H groups in total. The fourth-order valence-electron chi connectivity index (χ4n) is 4.82. The number of alkyl halides is 2. The van der Waals surface area contributed by atoms with Crippen molar-refractivity contribution in [2.45, 2.75) is 57.2 Å². The number of oxazole rings is 1. The van der Waals surface area contributed by atoms with Crippen molar-refractivity contribution in [2.24, 2.45) is 0 Å². The lowest BCUT2D eigenvalue weighted by molar-refractivity contribution is 0.115. The number of carbonyl (C=O) groups is 1. The molecule has 0 radical (unpaired) electrons. The van der Waals surface area contributed by atoms with E-state index >= 15 is 0 Å². The first kappa shape index (κ1) is 20.7. The number of nitrogens with one attached hydrogen (secondary N) is 2. The standard InChI is InChI=1S/C22H24F2N6O2/c1-12-25-10-19(32-12)13-2-3-14-9-27-21(28-18(14)6-13)29-22(31)30-16-4-5-17(30)8-15(7-16)26-11-20(23)24/h2-3,6,9-10,15-17,20,26H,4-5,7-8,11H2,1H3,(H,27,28,29,31)/t15-,16+,17-. The number of rotatable bonds is 5. The Kier molecular flexibility index (Phi) is 5.46. The van der Waals surface area contributed by atoms with Gasteiger partial charge in [-0.2, -0.15) is 0 Å². The molecule has 10 heteroatoms. The molecule has 168 valence electrons. The van der Waals surface area contributed by atoms with Crippen LogP contribution in [0, 0.1) is 6.92 Å². The Hall–Kier alpha value is -3.14. The first-order chi connectivity index (χ1) is 15.5. The summed E-state index contributed by atoms with van der Waals surface area (Å²) < 4.78 is 30.6. The number of hydrogen-bond donors (Lipinski definition) is 2. The highest BCUT2D eigenvalue weighted by molar-refractivity contribution is 5.90. The van der Waals surface area contributed by atoms with Gasteiger partial charge in [-0.05, 0) is 31.7 Å². The van der Waals surface area contributed by atoms with Gasteiger partial charge in [0.05, 0.1) is 18.3 Å². The Morgan fingerprint density at radius 2 is 2.00 bits per heavy atom. The van der Waals surface area contributed by atoms with E-state index in [0.29, 0.717) is 30.0 Å². The summed E-state index contributed by atoms with van der Waals surface area (Å²) in [5, 5.41) is 6.59. The Labute approximate surface area is 183 Å². The number of piperidine rings is 1. The van der Waals surface area contributed by atoms with Gasteiger partial charge in [0.2, 0.25) is 5.95 Å². The first-order valence-corrected chi connectivity index (χ1v) is 10.8. The average Bonchev–Trinajstić information content (AvgIpc) is 3.32. The van der Waals surface area contributed by atoms with Crippen LogP contribution in [-0.2, 0) is 0 Å². The molecule has 5 rings (SSSR count). The second kappa shape index (κ2) is 8.42. The predicted octanol–water partition coefficient (Wildman–Crippen LogP) is 3.98. The SMILES string of the molecule is Cc1ncc(-c2ccc3cnc(NC(=O)N4[C@@H]5CC[C@H]4C[C@@H](NCC(F)F)C5)nc3c2)o1. The molecule has 2 fully saturated rings. The van der Waals surface area contributed by atoms with E-state index < -0.39 is 6.43 Å². The molecule has 0 spiro atoms. The van der Waals surface area contributed by atoms with E-state index in [2.05, 4.69) is 25.6 Å². The molecule has 0 aliphatic carbocycles. The molecular weight excluding hydrogens is 418 g/mol. The van der Waals surface area contributed by atoms with Gasteiger partial charge in [-0.3, -0.25) is 5.32 Å².